The second kappa shape index (κ2) is 10.2. The highest BCUT2D eigenvalue weighted by Crippen LogP contribution is 2.32. The van der Waals surface area contributed by atoms with Crippen LogP contribution in [0.3, 0.4) is 0 Å². The van der Waals surface area contributed by atoms with Crippen molar-refractivity contribution in [3.8, 4) is 5.75 Å². The summed E-state index contributed by atoms with van der Waals surface area (Å²) in [4.78, 5) is 21.5. The number of tetrazole rings is 1. The summed E-state index contributed by atoms with van der Waals surface area (Å²) in [6.07, 6.45) is 0.853. The number of pyridine rings is 1. The van der Waals surface area contributed by atoms with Crippen LogP contribution in [-0.4, -0.2) is 63.4 Å². The zero-order valence-corrected chi connectivity index (χ0v) is 23.2. The van der Waals surface area contributed by atoms with Gasteiger partial charge in [0.05, 0.1) is 18.2 Å². The maximum Gasteiger partial charge on any atom is 0.253 e. The van der Waals surface area contributed by atoms with E-state index in [9.17, 15) is 4.79 Å². The van der Waals surface area contributed by atoms with Crippen molar-refractivity contribution < 1.29 is 4.74 Å². The van der Waals surface area contributed by atoms with Gasteiger partial charge >= 0.3 is 0 Å². The van der Waals surface area contributed by atoms with Crippen molar-refractivity contribution >= 4 is 16.6 Å². The number of hydrogen-bond acceptors (Lipinski definition) is 7. The molecule has 9 nitrogen and oxygen atoms in total. The minimum atomic E-state index is -0.383. The van der Waals surface area contributed by atoms with Gasteiger partial charge in [0, 0.05) is 43.5 Å². The van der Waals surface area contributed by atoms with Gasteiger partial charge in [-0.3, -0.25) is 9.69 Å². The molecule has 2 aromatic carbocycles. The standard InChI is InChI=1S/C29H37N7O2/c1-7-29(4,5)36-27(31-32-33-36)26(23-17-21-10-11-22(38-6)18-24(21)30-28(23)37)35-14-12-34(13-15-35)25-16-19(2)8-9-20(25)3/h8-11,16-18,26H,7,12-15H2,1-6H3,(H,30,37)/t26-/m0/s1. The third kappa shape index (κ3) is 4.78. The van der Waals surface area contributed by atoms with E-state index in [2.05, 4.69) is 83.1 Å². The predicted molar refractivity (Wildman–Crippen MR) is 150 cm³/mol. The Hall–Kier alpha value is -3.72. The van der Waals surface area contributed by atoms with Gasteiger partial charge in [-0.25, -0.2) is 4.68 Å². The molecule has 4 aromatic rings. The van der Waals surface area contributed by atoms with Crippen LogP contribution in [0, 0.1) is 13.8 Å². The van der Waals surface area contributed by atoms with E-state index >= 15 is 0 Å². The number of hydrogen-bond donors (Lipinski definition) is 1. The van der Waals surface area contributed by atoms with Crippen LogP contribution >= 0.6 is 0 Å². The van der Waals surface area contributed by atoms with E-state index in [4.69, 9.17) is 4.74 Å². The van der Waals surface area contributed by atoms with Crippen LogP contribution in [0.25, 0.3) is 10.9 Å². The van der Waals surface area contributed by atoms with Crippen LogP contribution < -0.4 is 15.2 Å². The Labute approximate surface area is 223 Å². The number of nitrogens with zero attached hydrogens (tertiary/aromatic N) is 6. The van der Waals surface area contributed by atoms with Crippen LogP contribution in [-0.2, 0) is 5.54 Å². The maximum absolute atomic E-state index is 13.6. The number of aromatic amines is 1. The number of aryl methyl sites for hydroxylation is 2. The quantitative estimate of drug-likeness (QED) is 0.394. The summed E-state index contributed by atoms with van der Waals surface area (Å²) < 4.78 is 7.25. The topological polar surface area (TPSA) is 92.2 Å². The van der Waals surface area contributed by atoms with Gasteiger partial charge in [-0.2, -0.15) is 0 Å². The van der Waals surface area contributed by atoms with Gasteiger partial charge in [0.25, 0.3) is 5.56 Å². The highest BCUT2D eigenvalue weighted by Gasteiger charge is 2.35. The number of H-pyrrole nitrogens is 1. The molecule has 0 saturated carbocycles. The number of piperazine rings is 1. The van der Waals surface area contributed by atoms with Crippen molar-refractivity contribution in [2.24, 2.45) is 0 Å². The average molecular weight is 516 g/mol. The normalized spacial score (nSPS) is 15.7. The zero-order chi connectivity index (χ0) is 27.0. The Bertz CT molecular complexity index is 1500. The van der Waals surface area contributed by atoms with Crippen molar-refractivity contribution in [2.45, 2.75) is 52.6 Å². The third-order valence-electron chi connectivity index (χ3n) is 7.94. The predicted octanol–water partition coefficient (Wildman–Crippen LogP) is 4.20. The van der Waals surface area contributed by atoms with E-state index < -0.39 is 0 Å². The molecule has 38 heavy (non-hydrogen) atoms. The molecule has 200 valence electrons. The van der Waals surface area contributed by atoms with E-state index in [0.29, 0.717) is 17.1 Å². The number of anilines is 1. The number of nitrogens with one attached hydrogen (secondary N) is 1. The lowest BCUT2D eigenvalue weighted by Gasteiger charge is -2.40. The fourth-order valence-corrected chi connectivity index (χ4v) is 5.25. The molecule has 3 heterocycles. The maximum atomic E-state index is 13.6. The van der Waals surface area contributed by atoms with Gasteiger partial charge in [-0.05, 0) is 85.3 Å². The first kappa shape index (κ1) is 25.9. The largest absolute Gasteiger partial charge is 0.497 e. The average Bonchev–Trinajstić information content (AvgIpc) is 3.41. The second-order valence-corrected chi connectivity index (χ2v) is 10.8. The summed E-state index contributed by atoms with van der Waals surface area (Å²) in [5, 5.41) is 13.9. The first-order valence-electron chi connectivity index (χ1n) is 13.3. The number of rotatable bonds is 7. The summed E-state index contributed by atoms with van der Waals surface area (Å²) in [6, 6.07) is 13.9. The molecule has 0 unspecified atom stereocenters. The lowest BCUT2D eigenvalue weighted by atomic mass is 9.98. The summed E-state index contributed by atoms with van der Waals surface area (Å²) in [6.45, 7) is 13.9. The van der Waals surface area contributed by atoms with E-state index in [1.54, 1.807) is 7.11 Å². The van der Waals surface area contributed by atoms with Gasteiger partial charge in [0.15, 0.2) is 5.82 Å². The van der Waals surface area contributed by atoms with E-state index in [1.165, 1.54) is 16.8 Å². The molecule has 1 aliphatic heterocycles. The second-order valence-electron chi connectivity index (χ2n) is 10.8. The van der Waals surface area contributed by atoms with Crippen molar-refractivity contribution in [1.29, 1.82) is 0 Å². The molecule has 1 saturated heterocycles. The van der Waals surface area contributed by atoms with Crippen molar-refractivity contribution in [2.75, 3.05) is 38.2 Å². The zero-order valence-electron chi connectivity index (χ0n) is 23.2. The Balaban J connectivity index is 1.56. The molecule has 0 aliphatic carbocycles. The highest BCUT2D eigenvalue weighted by atomic mass is 16.5. The van der Waals surface area contributed by atoms with Gasteiger partial charge in [-0.1, -0.05) is 19.1 Å². The molecule has 1 atom stereocenters. The lowest BCUT2D eigenvalue weighted by molar-refractivity contribution is 0.186. The molecule has 1 fully saturated rings. The van der Waals surface area contributed by atoms with Crippen molar-refractivity contribution in [3.63, 3.8) is 0 Å². The minimum absolute atomic E-state index is 0.142. The molecular formula is C29H37N7O2. The smallest absolute Gasteiger partial charge is 0.253 e. The fraction of sp³-hybridized carbons (Fsp3) is 0.448. The molecule has 1 aliphatic rings. The number of fused-ring (bicyclic) bond motifs is 1. The Morgan fingerprint density at radius 3 is 2.53 bits per heavy atom. The number of methoxy groups -OCH3 is 1. The molecule has 0 radical (unpaired) electrons. The Kier molecular flexibility index (Phi) is 6.96. The SMILES string of the molecule is CCC(C)(C)n1nnnc1[C@H](c1cc2ccc(OC)cc2[nH]c1=O)N1CCN(c2cc(C)ccc2C)CC1. The van der Waals surface area contributed by atoms with Crippen LogP contribution in [0.5, 0.6) is 5.75 Å². The molecule has 1 N–H and O–H groups in total. The van der Waals surface area contributed by atoms with E-state index in [1.807, 2.05) is 28.9 Å². The van der Waals surface area contributed by atoms with Gasteiger partial charge in [-0.15, -0.1) is 5.10 Å². The van der Waals surface area contributed by atoms with Crippen LogP contribution in [0.15, 0.2) is 47.3 Å². The summed E-state index contributed by atoms with van der Waals surface area (Å²) in [5.74, 6) is 1.39. The molecule has 2 aromatic heterocycles. The van der Waals surface area contributed by atoms with Crippen LogP contribution in [0.4, 0.5) is 5.69 Å². The van der Waals surface area contributed by atoms with Gasteiger partial charge in [0.2, 0.25) is 0 Å². The lowest BCUT2D eigenvalue weighted by Crippen LogP contribution is -2.49. The third-order valence-corrected chi connectivity index (χ3v) is 7.94. The molecular weight excluding hydrogens is 478 g/mol. The molecule has 9 heteroatoms. The van der Waals surface area contributed by atoms with E-state index in [0.717, 1.165) is 43.5 Å². The van der Waals surface area contributed by atoms with Gasteiger partial charge < -0.3 is 14.6 Å². The monoisotopic (exact) mass is 515 g/mol. The first-order valence-corrected chi connectivity index (χ1v) is 13.3. The van der Waals surface area contributed by atoms with Crippen molar-refractivity contribution in [3.05, 3.63) is 75.3 Å². The Morgan fingerprint density at radius 1 is 1.05 bits per heavy atom. The summed E-state index contributed by atoms with van der Waals surface area (Å²) >= 11 is 0. The molecule has 0 bridgehead atoms. The number of aromatic nitrogens is 5. The van der Waals surface area contributed by atoms with Gasteiger partial charge in [0.1, 0.15) is 11.8 Å². The van der Waals surface area contributed by atoms with Crippen LogP contribution in [0.1, 0.15) is 55.7 Å². The minimum Gasteiger partial charge on any atom is -0.497 e. The number of benzene rings is 2. The van der Waals surface area contributed by atoms with E-state index in [-0.39, 0.29) is 17.1 Å². The fourth-order valence-electron chi connectivity index (χ4n) is 5.25. The summed E-state index contributed by atoms with van der Waals surface area (Å²) in [7, 11) is 1.62. The first-order chi connectivity index (χ1) is 18.2. The molecule has 0 spiro atoms. The Morgan fingerprint density at radius 2 is 1.82 bits per heavy atom. The number of ether oxygens (including phenoxy) is 1. The molecule has 5 rings (SSSR count). The van der Waals surface area contributed by atoms with Crippen molar-refractivity contribution in [1.82, 2.24) is 30.1 Å². The highest BCUT2D eigenvalue weighted by molar-refractivity contribution is 5.80. The summed E-state index contributed by atoms with van der Waals surface area (Å²) in [5.41, 5.74) is 4.75. The molecule has 0 amide bonds. The van der Waals surface area contributed by atoms with Crippen LogP contribution in [0.2, 0.25) is 0 Å².